The first-order valence-corrected chi connectivity index (χ1v) is 8.73. The predicted octanol–water partition coefficient (Wildman–Crippen LogP) is 2.18. The van der Waals surface area contributed by atoms with Gasteiger partial charge in [0.2, 0.25) is 5.76 Å². The van der Waals surface area contributed by atoms with Crippen LogP contribution in [0.4, 0.5) is 4.79 Å². The van der Waals surface area contributed by atoms with Gasteiger partial charge in [-0.3, -0.25) is 9.69 Å². The number of furan rings is 1. The number of methoxy groups -OCH3 is 4. The van der Waals surface area contributed by atoms with E-state index in [9.17, 15) is 14.4 Å². The van der Waals surface area contributed by atoms with Crippen molar-refractivity contribution in [3.63, 3.8) is 0 Å². The molecule has 2 heterocycles. The Morgan fingerprint density at radius 2 is 1.70 bits per heavy atom. The van der Waals surface area contributed by atoms with E-state index in [-0.39, 0.29) is 23.8 Å². The second-order valence-electron chi connectivity index (χ2n) is 6.09. The van der Waals surface area contributed by atoms with Gasteiger partial charge in [0.25, 0.3) is 5.91 Å². The van der Waals surface area contributed by atoms with Gasteiger partial charge in [-0.15, -0.1) is 0 Å². The molecule has 2 aromatic rings. The van der Waals surface area contributed by atoms with Gasteiger partial charge in [0.1, 0.15) is 17.2 Å². The molecule has 1 aliphatic heterocycles. The van der Waals surface area contributed by atoms with Crippen LogP contribution in [0.25, 0.3) is 6.08 Å². The van der Waals surface area contributed by atoms with Crippen molar-refractivity contribution in [1.82, 2.24) is 10.2 Å². The van der Waals surface area contributed by atoms with Crippen LogP contribution in [0.1, 0.15) is 21.9 Å². The molecule has 10 nitrogen and oxygen atoms in total. The number of imide groups is 1. The van der Waals surface area contributed by atoms with E-state index in [0.29, 0.717) is 22.8 Å². The number of ether oxygens (including phenoxy) is 4. The lowest BCUT2D eigenvalue weighted by atomic mass is 10.1. The lowest BCUT2D eigenvalue weighted by molar-refractivity contribution is -0.123. The van der Waals surface area contributed by atoms with Crippen molar-refractivity contribution in [3.8, 4) is 17.2 Å². The fourth-order valence-corrected chi connectivity index (χ4v) is 2.87. The molecule has 1 saturated heterocycles. The van der Waals surface area contributed by atoms with Crippen molar-refractivity contribution in [2.75, 3.05) is 28.4 Å². The lowest BCUT2D eigenvalue weighted by Crippen LogP contribution is -2.30. The Hall–Kier alpha value is -3.95. The molecule has 0 radical (unpaired) electrons. The van der Waals surface area contributed by atoms with Gasteiger partial charge in [0, 0.05) is 11.6 Å². The van der Waals surface area contributed by atoms with Gasteiger partial charge in [0.15, 0.2) is 11.5 Å². The van der Waals surface area contributed by atoms with Crippen LogP contribution in [0.15, 0.2) is 34.4 Å². The molecule has 0 bridgehead atoms. The highest BCUT2D eigenvalue weighted by molar-refractivity contribution is 6.14. The van der Waals surface area contributed by atoms with Crippen LogP contribution in [0.2, 0.25) is 0 Å². The highest BCUT2D eigenvalue weighted by Crippen LogP contribution is 2.36. The molecule has 30 heavy (non-hydrogen) atoms. The Morgan fingerprint density at radius 3 is 2.33 bits per heavy atom. The van der Waals surface area contributed by atoms with Crippen molar-refractivity contribution in [2.45, 2.75) is 6.54 Å². The maximum absolute atomic E-state index is 12.7. The van der Waals surface area contributed by atoms with Crippen molar-refractivity contribution < 1.29 is 37.7 Å². The average molecular weight is 416 g/mol. The summed E-state index contributed by atoms with van der Waals surface area (Å²) >= 11 is 0. The highest BCUT2D eigenvalue weighted by Gasteiger charge is 2.34. The Kier molecular flexibility index (Phi) is 5.95. The van der Waals surface area contributed by atoms with Gasteiger partial charge in [-0.1, -0.05) is 0 Å². The highest BCUT2D eigenvalue weighted by atomic mass is 16.5. The summed E-state index contributed by atoms with van der Waals surface area (Å²) in [6, 6.07) is 5.52. The first kappa shape index (κ1) is 20.8. The Bertz CT molecular complexity index is 1020. The number of nitrogens with one attached hydrogen (secondary N) is 1. The first-order chi connectivity index (χ1) is 14.4. The summed E-state index contributed by atoms with van der Waals surface area (Å²) in [5.74, 6) is 0.333. The Morgan fingerprint density at radius 1 is 1.03 bits per heavy atom. The number of carbonyl (C=O) groups is 3. The predicted molar refractivity (Wildman–Crippen MR) is 103 cm³/mol. The molecule has 1 aromatic carbocycles. The summed E-state index contributed by atoms with van der Waals surface area (Å²) in [4.78, 5) is 37.5. The zero-order chi connectivity index (χ0) is 21.8. The second-order valence-corrected chi connectivity index (χ2v) is 6.09. The summed E-state index contributed by atoms with van der Waals surface area (Å²) in [6.45, 7) is -0.151. The van der Waals surface area contributed by atoms with Gasteiger partial charge in [0.05, 0.1) is 35.0 Å². The van der Waals surface area contributed by atoms with E-state index < -0.39 is 17.9 Å². The van der Waals surface area contributed by atoms with Crippen LogP contribution >= 0.6 is 0 Å². The van der Waals surface area contributed by atoms with Gasteiger partial charge in [-0.05, 0) is 24.3 Å². The number of hydrogen-bond acceptors (Lipinski definition) is 8. The fraction of sp³-hybridized carbons (Fsp3) is 0.250. The van der Waals surface area contributed by atoms with Crippen molar-refractivity contribution in [1.29, 1.82) is 0 Å². The molecule has 0 spiro atoms. The summed E-state index contributed by atoms with van der Waals surface area (Å²) in [5.41, 5.74) is 0.553. The number of amides is 3. The van der Waals surface area contributed by atoms with Crippen LogP contribution in [-0.4, -0.2) is 51.2 Å². The quantitative estimate of drug-likeness (QED) is 0.415. The summed E-state index contributed by atoms with van der Waals surface area (Å²) in [7, 11) is 5.67. The second kappa shape index (κ2) is 8.60. The van der Waals surface area contributed by atoms with E-state index >= 15 is 0 Å². The normalized spacial score (nSPS) is 14.7. The molecule has 0 saturated carbocycles. The minimum atomic E-state index is -0.653. The zero-order valence-corrected chi connectivity index (χ0v) is 16.8. The molecule has 0 aliphatic carbocycles. The lowest BCUT2D eigenvalue weighted by Gasteiger charge is -2.12. The van der Waals surface area contributed by atoms with Crippen LogP contribution in [0.3, 0.4) is 0 Å². The maximum atomic E-state index is 12.7. The van der Waals surface area contributed by atoms with Gasteiger partial charge >= 0.3 is 12.0 Å². The van der Waals surface area contributed by atoms with E-state index in [0.717, 1.165) is 4.90 Å². The number of benzene rings is 1. The average Bonchev–Trinajstić information content (AvgIpc) is 3.33. The van der Waals surface area contributed by atoms with Crippen LogP contribution in [0, 0.1) is 0 Å². The van der Waals surface area contributed by atoms with Crippen LogP contribution < -0.4 is 19.5 Å². The molecule has 3 rings (SSSR count). The van der Waals surface area contributed by atoms with E-state index in [1.807, 2.05) is 0 Å². The summed E-state index contributed by atoms with van der Waals surface area (Å²) in [6.07, 6.45) is 1.48. The largest absolute Gasteiger partial charge is 0.496 e. The summed E-state index contributed by atoms with van der Waals surface area (Å²) in [5, 5.41) is 2.52. The fourth-order valence-electron chi connectivity index (χ4n) is 2.87. The van der Waals surface area contributed by atoms with E-state index in [4.69, 9.17) is 18.6 Å². The molecular formula is C20H20N2O8. The number of rotatable bonds is 7. The zero-order valence-electron chi connectivity index (χ0n) is 16.8. The molecule has 1 N–H and O–H groups in total. The van der Waals surface area contributed by atoms with Gasteiger partial charge < -0.3 is 28.7 Å². The number of esters is 1. The van der Waals surface area contributed by atoms with Crippen molar-refractivity contribution in [2.24, 2.45) is 0 Å². The van der Waals surface area contributed by atoms with E-state index in [1.165, 1.54) is 46.6 Å². The molecule has 158 valence electrons. The number of hydrogen-bond donors (Lipinski definition) is 1. The monoisotopic (exact) mass is 416 g/mol. The maximum Gasteiger partial charge on any atom is 0.373 e. The van der Waals surface area contributed by atoms with E-state index in [1.54, 1.807) is 12.1 Å². The topological polar surface area (TPSA) is 117 Å². The molecular weight excluding hydrogens is 396 g/mol. The Labute approximate surface area is 171 Å². The number of nitrogens with zero attached hydrogens (tertiary/aromatic N) is 1. The van der Waals surface area contributed by atoms with Crippen molar-refractivity contribution >= 4 is 24.0 Å². The van der Waals surface area contributed by atoms with E-state index in [2.05, 4.69) is 10.1 Å². The summed E-state index contributed by atoms with van der Waals surface area (Å²) < 4.78 is 25.7. The SMILES string of the molecule is COC(=O)c1ccc(CN2C(=O)N/C(=C\c3cc(OC)c(OC)cc3OC)C2=O)o1. The minimum absolute atomic E-state index is 0.0228. The third kappa shape index (κ3) is 3.93. The minimum Gasteiger partial charge on any atom is -0.496 e. The molecule has 1 aliphatic rings. The molecule has 1 fully saturated rings. The third-order valence-electron chi connectivity index (χ3n) is 4.36. The van der Waals surface area contributed by atoms with Crippen molar-refractivity contribution in [3.05, 3.63) is 47.0 Å². The smallest absolute Gasteiger partial charge is 0.373 e. The standard InChI is InChI=1S/C20H20N2O8/c1-26-15-9-17(28-3)16(27-2)8-11(15)7-13-18(23)22(20(25)21-13)10-12-5-6-14(30-12)19(24)29-4/h5-9H,10H2,1-4H3,(H,21,25)/b13-7-. The molecule has 10 heteroatoms. The molecule has 1 aromatic heterocycles. The molecule has 3 amide bonds. The van der Waals surface area contributed by atoms with Crippen LogP contribution in [0.5, 0.6) is 17.2 Å². The number of urea groups is 1. The van der Waals surface area contributed by atoms with Gasteiger partial charge in [-0.2, -0.15) is 0 Å². The third-order valence-corrected chi connectivity index (χ3v) is 4.36. The number of carbonyl (C=O) groups excluding carboxylic acids is 3. The first-order valence-electron chi connectivity index (χ1n) is 8.73. The van der Waals surface area contributed by atoms with Gasteiger partial charge in [-0.25, -0.2) is 9.59 Å². The Balaban J connectivity index is 1.86. The molecule has 0 unspecified atom stereocenters. The van der Waals surface area contributed by atoms with Crippen LogP contribution in [-0.2, 0) is 16.1 Å². The molecule has 0 atom stereocenters.